The average molecular weight is 250 g/mol. The fourth-order valence-electron chi connectivity index (χ4n) is 0.798. The second-order valence-corrected chi connectivity index (χ2v) is 3.23. The second kappa shape index (κ2) is 3.38. The van der Waals surface area contributed by atoms with Gasteiger partial charge in [0.05, 0.1) is 5.56 Å². The Hall–Kier alpha value is -1.02. The summed E-state index contributed by atoms with van der Waals surface area (Å²) in [5, 5.41) is 8.08. The number of nitrogens with zero attached hydrogens (tertiary/aromatic N) is 1. The molecule has 0 aliphatic heterocycles. The van der Waals surface area contributed by atoms with Crippen LogP contribution in [0.1, 0.15) is 5.56 Å². The quantitative estimate of drug-likeness (QED) is 0.750. The summed E-state index contributed by atoms with van der Waals surface area (Å²) in [5.41, 5.74) is -0.913. The van der Waals surface area contributed by atoms with E-state index in [1.165, 1.54) is 6.07 Å². The number of alkyl halides is 2. The van der Waals surface area contributed by atoms with Crippen LogP contribution in [0, 0.1) is 17.1 Å². The van der Waals surface area contributed by atoms with Crippen molar-refractivity contribution in [2.24, 2.45) is 0 Å². The van der Waals surface area contributed by atoms with E-state index < -0.39 is 17.3 Å². The molecule has 0 unspecified atom stereocenters. The Bertz CT molecular complexity index is 370. The highest BCUT2D eigenvalue weighted by Gasteiger charge is 2.34. The zero-order valence-electron chi connectivity index (χ0n) is 6.19. The summed E-state index contributed by atoms with van der Waals surface area (Å²) in [7, 11) is 0. The summed E-state index contributed by atoms with van der Waals surface area (Å²) in [6.45, 7) is 0. The first-order valence-corrected chi connectivity index (χ1v) is 4.01. The number of nitriles is 1. The lowest BCUT2D eigenvalue weighted by Gasteiger charge is -2.08. The van der Waals surface area contributed by atoms with Crippen molar-refractivity contribution in [1.82, 2.24) is 0 Å². The van der Waals surface area contributed by atoms with Crippen molar-refractivity contribution in [3.63, 3.8) is 0 Å². The molecule has 0 spiro atoms. The van der Waals surface area contributed by atoms with Gasteiger partial charge in [0.2, 0.25) is 0 Å². The van der Waals surface area contributed by atoms with E-state index in [1.807, 2.05) is 0 Å². The standard InChI is InChI=1S/C8H3BrF3N/c9-5-1-2-7(10)6(3-5)8(11,12)4-13/h1-3H. The number of hydrogen-bond donors (Lipinski definition) is 0. The van der Waals surface area contributed by atoms with Gasteiger partial charge in [-0.15, -0.1) is 0 Å². The third-order valence-electron chi connectivity index (χ3n) is 1.41. The summed E-state index contributed by atoms with van der Waals surface area (Å²) >= 11 is 2.91. The zero-order chi connectivity index (χ0) is 10.1. The normalized spacial score (nSPS) is 11.0. The summed E-state index contributed by atoms with van der Waals surface area (Å²) < 4.78 is 38.5. The molecular formula is C8H3BrF3N. The van der Waals surface area contributed by atoms with Crippen LogP contribution >= 0.6 is 15.9 Å². The van der Waals surface area contributed by atoms with E-state index in [9.17, 15) is 13.2 Å². The van der Waals surface area contributed by atoms with Gasteiger partial charge in [0.25, 0.3) is 0 Å². The Kier molecular flexibility index (Phi) is 2.62. The van der Waals surface area contributed by atoms with Crippen LogP contribution in [0.3, 0.4) is 0 Å². The lowest BCUT2D eigenvalue weighted by molar-refractivity contribution is 0.0571. The minimum Gasteiger partial charge on any atom is -0.206 e. The lowest BCUT2D eigenvalue weighted by Crippen LogP contribution is -2.12. The molecule has 1 rings (SSSR count). The average Bonchev–Trinajstić information content (AvgIpc) is 2.09. The highest BCUT2D eigenvalue weighted by molar-refractivity contribution is 9.10. The van der Waals surface area contributed by atoms with Crippen molar-refractivity contribution < 1.29 is 13.2 Å². The molecule has 0 fully saturated rings. The molecule has 0 aromatic heterocycles. The van der Waals surface area contributed by atoms with Crippen LogP contribution in [0.4, 0.5) is 13.2 Å². The molecule has 1 aromatic rings. The van der Waals surface area contributed by atoms with E-state index in [2.05, 4.69) is 15.9 Å². The van der Waals surface area contributed by atoms with Crippen LogP contribution in [0.25, 0.3) is 0 Å². The highest BCUT2D eigenvalue weighted by atomic mass is 79.9. The molecule has 0 heterocycles. The number of benzene rings is 1. The molecule has 1 nitrogen and oxygen atoms in total. The molecule has 0 saturated heterocycles. The Morgan fingerprint density at radius 1 is 1.38 bits per heavy atom. The van der Waals surface area contributed by atoms with Gasteiger partial charge in [-0.2, -0.15) is 14.0 Å². The monoisotopic (exact) mass is 249 g/mol. The van der Waals surface area contributed by atoms with Gasteiger partial charge in [-0.3, -0.25) is 0 Å². The predicted octanol–water partition coefficient (Wildman–Crippen LogP) is 3.20. The van der Waals surface area contributed by atoms with E-state index in [4.69, 9.17) is 5.26 Å². The number of hydrogen-bond acceptors (Lipinski definition) is 1. The van der Waals surface area contributed by atoms with E-state index in [1.54, 1.807) is 0 Å². The van der Waals surface area contributed by atoms with Crippen LogP contribution in [0.15, 0.2) is 22.7 Å². The van der Waals surface area contributed by atoms with Crippen LogP contribution in [-0.4, -0.2) is 0 Å². The molecule has 0 amide bonds. The van der Waals surface area contributed by atoms with E-state index in [-0.39, 0.29) is 0 Å². The molecule has 5 heteroatoms. The SMILES string of the molecule is N#CC(F)(F)c1cc(Br)ccc1F. The van der Waals surface area contributed by atoms with Crippen molar-refractivity contribution in [1.29, 1.82) is 5.26 Å². The maximum atomic E-state index is 12.8. The Morgan fingerprint density at radius 3 is 2.54 bits per heavy atom. The topological polar surface area (TPSA) is 23.8 Å². The van der Waals surface area contributed by atoms with Gasteiger partial charge >= 0.3 is 5.92 Å². The van der Waals surface area contributed by atoms with E-state index in [0.29, 0.717) is 4.47 Å². The van der Waals surface area contributed by atoms with Crippen LogP contribution in [0.5, 0.6) is 0 Å². The van der Waals surface area contributed by atoms with Crippen molar-refractivity contribution in [3.8, 4) is 6.07 Å². The number of rotatable bonds is 1. The summed E-state index contributed by atoms with van der Waals surface area (Å²) in [4.78, 5) is 0. The highest BCUT2D eigenvalue weighted by Crippen LogP contribution is 2.30. The largest absolute Gasteiger partial charge is 0.360 e. The Balaban J connectivity index is 3.30. The summed E-state index contributed by atoms with van der Waals surface area (Å²) in [5.74, 6) is -4.87. The van der Waals surface area contributed by atoms with Gasteiger partial charge in [0.15, 0.2) is 0 Å². The smallest absolute Gasteiger partial charge is 0.206 e. The van der Waals surface area contributed by atoms with Crippen molar-refractivity contribution in [2.75, 3.05) is 0 Å². The second-order valence-electron chi connectivity index (χ2n) is 2.31. The Morgan fingerprint density at radius 2 is 2.00 bits per heavy atom. The van der Waals surface area contributed by atoms with Gasteiger partial charge < -0.3 is 0 Å². The van der Waals surface area contributed by atoms with Gasteiger partial charge in [-0.1, -0.05) is 15.9 Å². The van der Waals surface area contributed by atoms with Crippen molar-refractivity contribution in [2.45, 2.75) is 5.92 Å². The lowest BCUT2D eigenvalue weighted by atomic mass is 10.1. The molecule has 0 aliphatic rings. The van der Waals surface area contributed by atoms with E-state index >= 15 is 0 Å². The van der Waals surface area contributed by atoms with Gasteiger partial charge in [0.1, 0.15) is 11.9 Å². The number of halogens is 4. The fourth-order valence-corrected chi connectivity index (χ4v) is 1.16. The fraction of sp³-hybridized carbons (Fsp3) is 0.125. The third-order valence-corrected chi connectivity index (χ3v) is 1.90. The zero-order valence-corrected chi connectivity index (χ0v) is 7.78. The molecule has 1 aromatic carbocycles. The van der Waals surface area contributed by atoms with Crippen molar-refractivity contribution >= 4 is 15.9 Å². The summed E-state index contributed by atoms with van der Waals surface area (Å²) in [6.07, 6.45) is 0. The molecule has 0 aliphatic carbocycles. The first kappa shape index (κ1) is 10.1. The first-order chi connectivity index (χ1) is 5.97. The molecule has 0 atom stereocenters. The molecule has 0 radical (unpaired) electrons. The Labute approximate surface area is 80.9 Å². The summed E-state index contributed by atoms with van der Waals surface area (Å²) in [6, 6.07) is 3.78. The first-order valence-electron chi connectivity index (χ1n) is 3.22. The molecular weight excluding hydrogens is 247 g/mol. The molecule has 13 heavy (non-hydrogen) atoms. The maximum absolute atomic E-state index is 12.8. The molecule has 68 valence electrons. The van der Waals surface area contributed by atoms with Crippen molar-refractivity contribution in [3.05, 3.63) is 34.1 Å². The van der Waals surface area contributed by atoms with Crippen LogP contribution in [-0.2, 0) is 5.92 Å². The molecule has 0 bridgehead atoms. The molecule has 0 saturated carbocycles. The van der Waals surface area contributed by atoms with Crippen LogP contribution < -0.4 is 0 Å². The predicted molar refractivity (Wildman–Crippen MR) is 43.6 cm³/mol. The van der Waals surface area contributed by atoms with E-state index in [0.717, 1.165) is 18.2 Å². The minimum atomic E-state index is -3.78. The van der Waals surface area contributed by atoms with Gasteiger partial charge in [0, 0.05) is 4.47 Å². The third kappa shape index (κ3) is 2.01. The molecule has 0 N–H and O–H groups in total. The van der Waals surface area contributed by atoms with Gasteiger partial charge in [-0.05, 0) is 18.2 Å². The van der Waals surface area contributed by atoms with Crippen LogP contribution in [0.2, 0.25) is 0 Å². The minimum absolute atomic E-state index is 0.304. The van der Waals surface area contributed by atoms with Gasteiger partial charge in [-0.25, -0.2) is 4.39 Å². The maximum Gasteiger partial charge on any atom is 0.360 e.